The summed E-state index contributed by atoms with van der Waals surface area (Å²) in [4.78, 5) is 24.8. The minimum atomic E-state index is -0.308. The van der Waals surface area contributed by atoms with Gasteiger partial charge < -0.3 is 19.1 Å². The molecule has 0 radical (unpaired) electrons. The van der Waals surface area contributed by atoms with Gasteiger partial charge in [-0.3, -0.25) is 9.59 Å². The van der Waals surface area contributed by atoms with E-state index in [4.69, 9.17) is 14.2 Å². The Kier molecular flexibility index (Phi) is 8.39. The van der Waals surface area contributed by atoms with Crippen LogP contribution in [-0.4, -0.2) is 50.7 Å². The Morgan fingerprint density at radius 1 is 1.17 bits per heavy atom. The van der Waals surface area contributed by atoms with E-state index in [0.29, 0.717) is 31.3 Å². The Balaban J connectivity index is 2.64. The first-order chi connectivity index (χ1) is 11.5. The number of ether oxygens (including phenoxy) is 3. The highest BCUT2D eigenvalue weighted by molar-refractivity contribution is 5.91. The fourth-order valence-electron chi connectivity index (χ4n) is 1.96. The fourth-order valence-corrected chi connectivity index (χ4v) is 1.96. The lowest BCUT2D eigenvalue weighted by atomic mass is 10.2. The molecule has 0 unspecified atom stereocenters. The third kappa shape index (κ3) is 6.32. The monoisotopic (exact) mass is 335 g/mol. The van der Waals surface area contributed by atoms with Crippen LogP contribution in [0.5, 0.6) is 11.5 Å². The van der Waals surface area contributed by atoms with E-state index in [1.54, 1.807) is 39.3 Å². The first-order valence-corrected chi connectivity index (χ1v) is 7.91. The van der Waals surface area contributed by atoms with Crippen LogP contribution < -0.4 is 9.47 Å². The number of esters is 1. The van der Waals surface area contributed by atoms with Crippen LogP contribution in [0.3, 0.4) is 0 Å². The van der Waals surface area contributed by atoms with Gasteiger partial charge in [0.1, 0.15) is 0 Å². The van der Waals surface area contributed by atoms with Gasteiger partial charge in [-0.25, -0.2) is 0 Å². The second kappa shape index (κ2) is 10.3. The Labute approximate surface area is 143 Å². The van der Waals surface area contributed by atoms with E-state index in [0.717, 1.165) is 5.56 Å². The second-order valence-corrected chi connectivity index (χ2v) is 4.99. The molecule has 0 saturated heterocycles. The maximum absolute atomic E-state index is 12.0. The number of methoxy groups -OCH3 is 1. The maximum atomic E-state index is 12.0. The van der Waals surface area contributed by atoms with Gasteiger partial charge in [0.15, 0.2) is 11.5 Å². The van der Waals surface area contributed by atoms with Crippen LogP contribution >= 0.6 is 0 Å². The molecule has 0 aliphatic carbocycles. The van der Waals surface area contributed by atoms with Gasteiger partial charge in [-0.15, -0.1) is 0 Å². The molecule has 0 heterocycles. The van der Waals surface area contributed by atoms with Crippen LogP contribution in [0, 0.1) is 0 Å². The predicted octanol–water partition coefficient (Wildman–Crippen LogP) is 2.52. The molecule has 0 aromatic heterocycles. The van der Waals surface area contributed by atoms with Crippen LogP contribution in [0.25, 0.3) is 6.08 Å². The van der Waals surface area contributed by atoms with Crippen LogP contribution in [-0.2, 0) is 14.3 Å². The van der Waals surface area contributed by atoms with E-state index in [2.05, 4.69) is 0 Å². The molecule has 0 spiro atoms. The third-order valence-electron chi connectivity index (χ3n) is 3.24. The number of nitrogens with zero attached hydrogens (tertiary/aromatic N) is 1. The molecule has 24 heavy (non-hydrogen) atoms. The normalized spacial score (nSPS) is 10.5. The van der Waals surface area contributed by atoms with Crippen molar-refractivity contribution in [3.63, 3.8) is 0 Å². The quantitative estimate of drug-likeness (QED) is 0.512. The molecule has 0 bridgehead atoms. The number of amides is 1. The zero-order valence-electron chi connectivity index (χ0n) is 14.7. The molecule has 0 N–H and O–H groups in total. The summed E-state index contributed by atoms with van der Waals surface area (Å²) in [7, 11) is 3.21. The highest BCUT2D eigenvalue weighted by Gasteiger charge is 2.09. The van der Waals surface area contributed by atoms with Gasteiger partial charge in [-0.2, -0.15) is 0 Å². The summed E-state index contributed by atoms with van der Waals surface area (Å²) in [6.07, 6.45) is 3.34. The van der Waals surface area contributed by atoms with Gasteiger partial charge in [0.2, 0.25) is 5.91 Å². The van der Waals surface area contributed by atoms with E-state index in [9.17, 15) is 9.59 Å². The van der Waals surface area contributed by atoms with Crippen molar-refractivity contribution in [1.82, 2.24) is 4.90 Å². The van der Waals surface area contributed by atoms with Crippen LogP contribution in [0.15, 0.2) is 24.3 Å². The van der Waals surface area contributed by atoms with Crippen molar-refractivity contribution in [3.8, 4) is 11.5 Å². The molecule has 0 fully saturated rings. The first kappa shape index (κ1) is 19.5. The van der Waals surface area contributed by atoms with E-state index < -0.39 is 0 Å². The Hall–Kier alpha value is -2.50. The van der Waals surface area contributed by atoms with E-state index >= 15 is 0 Å². The fraction of sp³-hybridized carbons (Fsp3) is 0.444. The van der Waals surface area contributed by atoms with Crippen molar-refractivity contribution in [2.24, 2.45) is 0 Å². The summed E-state index contributed by atoms with van der Waals surface area (Å²) >= 11 is 0. The number of hydrogen-bond acceptors (Lipinski definition) is 5. The average molecular weight is 335 g/mol. The van der Waals surface area contributed by atoms with Crippen LogP contribution in [0.4, 0.5) is 0 Å². The van der Waals surface area contributed by atoms with Gasteiger partial charge in [0, 0.05) is 19.7 Å². The predicted molar refractivity (Wildman–Crippen MR) is 92.1 cm³/mol. The summed E-state index contributed by atoms with van der Waals surface area (Å²) in [6, 6.07) is 5.44. The lowest BCUT2D eigenvalue weighted by molar-refractivity contribution is -0.143. The summed E-state index contributed by atoms with van der Waals surface area (Å²) in [5.41, 5.74) is 0.822. The molecule has 1 rings (SSSR count). The summed E-state index contributed by atoms with van der Waals surface area (Å²) in [5.74, 6) is 0.779. The molecule has 0 aliphatic rings. The molecule has 0 atom stereocenters. The summed E-state index contributed by atoms with van der Waals surface area (Å²) < 4.78 is 15.6. The molecule has 1 aromatic rings. The number of hydrogen-bond donors (Lipinski definition) is 0. The molecule has 132 valence electrons. The zero-order chi connectivity index (χ0) is 17.9. The topological polar surface area (TPSA) is 65.1 Å². The summed E-state index contributed by atoms with van der Waals surface area (Å²) in [6.45, 7) is 4.86. The van der Waals surface area contributed by atoms with Crippen molar-refractivity contribution in [3.05, 3.63) is 29.8 Å². The molecular weight excluding hydrogens is 310 g/mol. The largest absolute Gasteiger partial charge is 0.493 e. The van der Waals surface area contributed by atoms with Crippen molar-refractivity contribution in [2.75, 3.05) is 33.9 Å². The van der Waals surface area contributed by atoms with Crippen molar-refractivity contribution >= 4 is 18.0 Å². The SMILES string of the molecule is CCOC(=O)CCN(C)C(=O)/C=C/c1ccc(OCC)c(OC)c1. The molecular formula is C18H25NO5. The maximum Gasteiger partial charge on any atom is 0.307 e. The number of benzene rings is 1. The minimum Gasteiger partial charge on any atom is -0.493 e. The lowest BCUT2D eigenvalue weighted by Gasteiger charge is -2.14. The highest BCUT2D eigenvalue weighted by Crippen LogP contribution is 2.28. The lowest BCUT2D eigenvalue weighted by Crippen LogP contribution is -2.27. The molecule has 1 aromatic carbocycles. The van der Waals surface area contributed by atoms with Gasteiger partial charge in [0.25, 0.3) is 0 Å². The number of rotatable bonds is 9. The number of carbonyl (C=O) groups excluding carboxylic acids is 2. The standard InChI is InChI=1S/C18H25NO5/c1-5-23-15-9-7-14(13-16(15)22-4)8-10-17(20)19(3)12-11-18(21)24-6-2/h7-10,13H,5-6,11-12H2,1-4H3/b10-8+. The Morgan fingerprint density at radius 2 is 1.92 bits per heavy atom. The van der Waals surface area contributed by atoms with Gasteiger partial charge >= 0.3 is 5.97 Å². The smallest absolute Gasteiger partial charge is 0.307 e. The van der Waals surface area contributed by atoms with Gasteiger partial charge in [-0.1, -0.05) is 6.07 Å². The van der Waals surface area contributed by atoms with E-state index in [1.165, 1.54) is 11.0 Å². The van der Waals surface area contributed by atoms with Gasteiger partial charge in [-0.05, 0) is 37.6 Å². The van der Waals surface area contributed by atoms with E-state index in [-0.39, 0.29) is 18.3 Å². The molecule has 0 saturated carbocycles. The number of likely N-dealkylation sites (N-methyl/N-ethyl adjacent to an activating group) is 1. The summed E-state index contributed by atoms with van der Waals surface area (Å²) in [5, 5.41) is 0. The van der Waals surface area contributed by atoms with Crippen LogP contribution in [0.1, 0.15) is 25.8 Å². The highest BCUT2D eigenvalue weighted by atomic mass is 16.5. The molecule has 1 amide bonds. The molecule has 6 heteroatoms. The zero-order valence-corrected chi connectivity index (χ0v) is 14.7. The Bertz CT molecular complexity index is 583. The third-order valence-corrected chi connectivity index (χ3v) is 3.24. The Morgan fingerprint density at radius 3 is 2.54 bits per heavy atom. The van der Waals surface area contributed by atoms with Crippen molar-refractivity contribution in [2.45, 2.75) is 20.3 Å². The van der Waals surface area contributed by atoms with Crippen LogP contribution in [0.2, 0.25) is 0 Å². The minimum absolute atomic E-state index is 0.181. The first-order valence-electron chi connectivity index (χ1n) is 7.91. The van der Waals surface area contributed by atoms with E-state index in [1.807, 2.05) is 13.0 Å². The number of carbonyl (C=O) groups is 2. The average Bonchev–Trinajstić information content (AvgIpc) is 2.58. The molecule has 6 nitrogen and oxygen atoms in total. The van der Waals surface area contributed by atoms with Crippen molar-refractivity contribution < 1.29 is 23.8 Å². The second-order valence-electron chi connectivity index (χ2n) is 4.99. The molecule has 0 aliphatic heterocycles. The van der Waals surface area contributed by atoms with Gasteiger partial charge in [0.05, 0.1) is 26.7 Å². The van der Waals surface area contributed by atoms with Crippen molar-refractivity contribution in [1.29, 1.82) is 0 Å².